The third kappa shape index (κ3) is 4.44. The minimum Gasteiger partial charge on any atom is -0.492 e. The van der Waals surface area contributed by atoms with Gasteiger partial charge in [0.25, 0.3) is 0 Å². The molecule has 19 heavy (non-hydrogen) atoms. The summed E-state index contributed by atoms with van der Waals surface area (Å²) in [5.41, 5.74) is 1.20. The summed E-state index contributed by atoms with van der Waals surface area (Å²) in [6, 6.07) is 7.82. The molecule has 0 saturated carbocycles. The van der Waals surface area contributed by atoms with Crippen molar-refractivity contribution < 1.29 is 14.3 Å². The predicted octanol–water partition coefficient (Wildman–Crippen LogP) is 1.42. The topological polar surface area (TPSA) is 50.8 Å². The van der Waals surface area contributed by atoms with Crippen molar-refractivity contribution in [3.05, 3.63) is 29.8 Å². The lowest BCUT2D eigenvalue weighted by atomic mass is 10.2. The first-order chi connectivity index (χ1) is 9.25. The highest BCUT2D eigenvalue weighted by atomic mass is 16.5. The molecular formula is C14H20N2O3. The fourth-order valence-electron chi connectivity index (χ4n) is 1.84. The number of amides is 2. The molecule has 0 spiro atoms. The lowest BCUT2D eigenvalue weighted by Crippen LogP contribution is -2.47. The van der Waals surface area contributed by atoms with E-state index < -0.39 is 0 Å². The number of hydrogen-bond acceptors (Lipinski definition) is 3. The van der Waals surface area contributed by atoms with E-state index in [1.807, 2.05) is 31.2 Å². The molecule has 2 rings (SSSR count). The second-order valence-corrected chi connectivity index (χ2v) is 4.49. The number of ether oxygens (including phenoxy) is 2. The lowest BCUT2D eigenvalue weighted by molar-refractivity contribution is 0.0530. The van der Waals surface area contributed by atoms with E-state index in [9.17, 15) is 4.79 Å². The summed E-state index contributed by atoms with van der Waals surface area (Å²) in [7, 11) is 0. The Morgan fingerprint density at radius 2 is 2.00 bits per heavy atom. The first-order valence-electron chi connectivity index (χ1n) is 6.56. The number of rotatable bonds is 4. The van der Waals surface area contributed by atoms with Gasteiger partial charge in [-0.05, 0) is 19.1 Å². The van der Waals surface area contributed by atoms with Crippen LogP contribution in [0, 0.1) is 6.92 Å². The number of carbonyl (C=O) groups excluding carboxylic acids is 1. The number of carbonyl (C=O) groups is 1. The van der Waals surface area contributed by atoms with Crippen LogP contribution in [0.15, 0.2) is 24.3 Å². The normalized spacial score (nSPS) is 15.1. The molecule has 1 heterocycles. The summed E-state index contributed by atoms with van der Waals surface area (Å²) in [6.45, 7) is 5.56. The summed E-state index contributed by atoms with van der Waals surface area (Å²) in [5.74, 6) is 0.825. The molecule has 0 unspecified atom stereocenters. The molecule has 1 N–H and O–H groups in total. The molecular weight excluding hydrogens is 244 g/mol. The molecule has 1 aromatic carbocycles. The van der Waals surface area contributed by atoms with Crippen LogP contribution in [0.5, 0.6) is 5.75 Å². The maximum absolute atomic E-state index is 11.8. The molecule has 1 aromatic rings. The highest BCUT2D eigenvalue weighted by Crippen LogP contribution is 2.10. The zero-order chi connectivity index (χ0) is 13.5. The van der Waals surface area contributed by atoms with Gasteiger partial charge in [0.2, 0.25) is 0 Å². The van der Waals surface area contributed by atoms with Gasteiger partial charge in [-0.2, -0.15) is 0 Å². The van der Waals surface area contributed by atoms with Gasteiger partial charge in [0.05, 0.1) is 19.8 Å². The molecule has 5 nitrogen and oxygen atoms in total. The molecule has 1 fully saturated rings. The van der Waals surface area contributed by atoms with Gasteiger partial charge < -0.3 is 19.7 Å². The van der Waals surface area contributed by atoms with Gasteiger partial charge in [0, 0.05) is 13.1 Å². The highest BCUT2D eigenvalue weighted by molar-refractivity contribution is 5.74. The van der Waals surface area contributed by atoms with Gasteiger partial charge in [0.1, 0.15) is 12.4 Å². The van der Waals surface area contributed by atoms with Crippen molar-refractivity contribution in [2.24, 2.45) is 0 Å². The zero-order valence-electron chi connectivity index (χ0n) is 11.2. The van der Waals surface area contributed by atoms with Crippen LogP contribution in [-0.2, 0) is 4.74 Å². The third-order valence-electron chi connectivity index (χ3n) is 2.97. The molecule has 2 amide bonds. The van der Waals surface area contributed by atoms with E-state index in [0.717, 1.165) is 5.75 Å². The first-order valence-corrected chi connectivity index (χ1v) is 6.56. The van der Waals surface area contributed by atoms with E-state index in [0.29, 0.717) is 39.5 Å². The van der Waals surface area contributed by atoms with E-state index in [2.05, 4.69) is 5.32 Å². The molecule has 0 bridgehead atoms. The Bertz CT molecular complexity index is 400. The van der Waals surface area contributed by atoms with Crippen molar-refractivity contribution >= 4 is 6.03 Å². The van der Waals surface area contributed by atoms with Crippen molar-refractivity contribution in [2.45, 2.75) is 6.92 Å². The molecule has 1 aliphatic heterocycles. The first kappa shape index (κ1) is 13.7. The number of nitrogens with one attached hydrogen (secondary N) is 1. The number of benzene rings is 1. The lowest BCUT2D eigenvalue weighted by Gasteiger charge is -2.26. The Labute approximate surface area is 113 Å². The number of morpholine rings is 1. The van der Waals surface area contributed by atoms with E-state index >= 15 is 0 Å². The molecule has 5 heteroatoms. The smallest absolute Gasteiger partial charge is 0.317 e. The van der Waals surface area contributed by atoms with Gasteiger partial charge in [-0.3, -0.25) is 0 Å². The molecule has 104 valence electrons. The van der Waals surface area contributed by atoms with Crippen molar-refractivity contribution in [2.75, 3.05) is 39.5 Å². The quantitative estimate of drug-likeness (QED) is 0.837. The summed E-state index contributed by atoms with van der Waals surface area (Å²) < 4.78 is 10.7. The fourth-order valence-corrected chi connectivity index (χ4v) is 1.84. The van der Waals surface area contributed by atoms with Crippen LogP contribution in [0.3, 0.4) is 0 Å². The van der Waals surface area contributed by atoms with Crippen molar-refractivity contribution in [1.82, 2.24) is 10.2 Å². The van der Waals surface area contributed by atoms with Crippen LogP contribution < -0.4 is 10.1 Å². The van der Waals surface area contributed by atoms with Crippen molar-refractivity contribution in [3.8, 4) is 5.75 Å². The van der Waals surface area contributed by atoms with E-state index in [4.69, 9.17) is 9.47 Å². The molecule has 0 atom stereocenters. The Balaban J connectivity index is 1.63. The second-order valence-electron chi connectivity index (χ2n) is 4.49. The fraction of sp³-hybridized carbons (Fsp3) is 0.500. The standard InChI is InChI=1S/C14H20N2O3/c1-12-2-4-13(5-3-12)19-9-6-15-14(17)16-7-10-18-11-8-16/h2-5H,6-11H2,1H3,(H,15,17). The van der Waals surface area contributed by atoms with Crippen LogP contribution in [-0.4, -0.2) is 50.4 Å². The Hall–Kier alpha value is -1.75. The monoisotopic (exact) mass is 264 g/mol. The van der Waals surface area contributed by atoms with E-state index in [-0.39, 0.29) is 6.03 Å². The SMILES string of the molecule is Cc1ccc(OCCNC(=O)N2CCOCC2)cc1. The van der Waals surface area contributed by atoms with Gasteiger partial charge in [-0.25, -0.2) is 4.79 Å². The number of hydrogen-bond donors (Lipinski definition) is 1. The molecule has 1 aliphatic rings. The maximum Gasteiger partial charge on any atom is 0.317 e. The highest BCUT2D eigenvalue weighted by Gasteiger charge is 2.15. The average molecular weight is 264 g/mol. The van der Waals surface area contributed by atoms with E-state index in [1.165, 1.54) is 5.56 Å². The van der Waals surface area contributed by atoms with Crippen LogP contribution >= 0.6 is 0 Å². The Morgan fingerprint density at radius 1 is 1.32 bits per heavy atom. The van der Waals surface area contributed by atoms with Crippen LogP contribution in [0.4, 0.5) is 4.79 Å². The third-order valence-corrected chi connectivity index (χ3v) is 2.97. The Kier molecular flexibility index (Phi) is 5.03. The van der Waals surface area contributed by atoms with Gasteiger partial charge in [0.15, 0.2) is 0 Å². The van der Waals surface area contributed by atoms with Crippen LogP contribution in [0.2, 0.25) is 0 Å². The van der Waals surface area contributed by atoms with Crippen molar-refractivity contribution in [1.29, 1.82) is 0 Å². The number of aryl methyl sites for hydroxylation is 1. The summed E-state index contributed by atoms with van der Waals surface area (Å²) in [5, 5.41) is 2.84. The molecule has 1 saturated heterocycles. The van der Waals surface area contributed by atoms with Crippen molar-refractivity contribution in [3.63, 3.8) is 0 Å². The van der Waals surface area contributed by atoms with Gasteiger partial charge >= 0.3 is 6.03 Å². The minimum atomic E-state index is -0.0455. The largest absolute Gasteiger partial charge is 0.492 e. The maximum atomic E-state index is 11.8. The Morgan fingerprint density at radius 3 is 2.68 bits per heavy atom. The minimum absolute atomic E-state index is 0.0455. The van der Waals surface area contributed by atoms with Crippen LogP contribution in [0.25, 0.3) is 0 Å². The summed E-state index contributed by atoms with van der Waals surface area (Å²) in [4.78, 5) is 13.5. The molecule has 0 aromatic heterocycles. The summed E-state index contributed by atoms with van der Waals surface area (Å²) in [6.07, 6.45) is 0. The van der Waals surface area contributed by atoms with Gasteiger partial charge in [-0.15, -0.1) is 0 Å². The summed E-state index contributed by atoms with van der Waals surface area (Å²) >= 11 is 0. The average Bonchev–Trinajstić information content (AvgIpc) is 2.46. The van der Waals surface area contributed by atoms with Gasteiger partial charge in [-0.1, -0.05) is 17.7 Å². The molecule has 0 radical (unpaired) electrons. The number of nitrogens with zero attached hydrogens (tertiary/aromatic N) is 1. The predicted molar refractivity (Wildman–Crippen MR) is 72.5 cm³/mol. The van der Waals surface area contributed by atoms with E-state index in [1.54, 1.807) is 4.90 Å². The number of urea groups is 1. The van der Waals surface area contributed by atoms with Crippen LogP contribution in [0.1, 0.15) is 5.56 Å². The zero-order valence-corrected chi connectivity index (χ0v) is 11.2. The molecule has 0 aliphatic carbocycles. The second kappa shape index (κ2) is 6.99.